The third-order valence-electron chi connectivity index (χ3n) is 2.68. The second kappa shape index (κ2) is 7.40. The fourth-order valence-electron chi connectivity index (χ4n) is 1.60. The van der Waals surface area contributed by atoms with Gasteiger partial charge in [-0.2, -0.15) is 0 Å². The molecule has 5 heteroatoms. The minimum Gasteiger partial charge on any atom is -0.465 e. The maximum atomic E-state index is 11.6. The van der Waals surface area contributed by atoms with Gasteiger partial charge in [-0.25, -0.2) is 9.59 Å². The summed E-state index contributed by atoms with van der Waals surface area (Å²) in [5.74, 6) is -0.790. The summed E-state index contributed by atoms with van der Waals surface area (Å²) in [6, 6.07) is 10.6. The van der Waals surface area contributed by atoms with Crippen LogP contribution in [0.15, 0.2) is 47.9 Å². The van der Waals surface area contributed by atoms with Crippen molar-refractivity contribution in [3.05, 3.63) is 63.9 Å². The average molecular weight is 302 g/mol. The third kappa shape index (κ3) is 4.57. The second-order valence-corrected chi connectivity index (χ2v) is 5.17. The first-order chi connectivity index (χ1) is 10.2. The summed E-state index contributed by atoms with van der Waals surface area (Å²) in [6.45, 7) is 0.280. The lowest BCUT2D eigenvalue weighted by molar-refractivity contribution is -0.138. The molecule has 1 aromatic heterocycles. The van der Waals surface area contributed by atoms with Crippen molar-refractivity contribution < 1.29 is 19.1 Å². The predicted octanol–water partition coefficient (Wildman–Crippen LogP) is 3.29. The quantitative estimate of drug-likeness (QED) is 0.628. The van der Waals surface area contributed by atoms with Crippen molar-refractivity contribution in [1.82, 2.24) is 0 Å². The molecule has 108 valence electrons. The molecule has 0 bridgehead atoms. The maximum Gasteiger partial charge on any atom is 0.337 e. The minimum atomic E-state index is -0.402. The van der Waals surface area contributed by atoms with Gasteiger partial charge >= 0.3 is 11.9 Å². The fourth-order valence-corrected chi connectivity index (χ4v) is 2.21. The molecule has 2 aromatic rings. The number of ether oxygens (including phenoxy) is 2. The highest BCUT2D eigenvalue weighted by Gasteiger charge is 2.03. The third-order valence-corrected chi connectivity index (χ3v) is 3.53. The lowest BCUT2D eigenvalue weighted by atomic mass is 10.1. The van der Waals surface area contributed by atoms with E-state index in [0.717, 1.165) is 10.4 Å². The van der Waals surface area contributed by atoms with Crippen LogP contribution in [0.2, 0.25) is 0 Å². The topological polar surface area (TPSA) is 52.6 Å². The average Bonchev–Trinajstić information content (AvgIpc) is 3.04. The Bertz CT molecular complexity index is 627. The molecule has 21 heavy (non-hydrogen) atoms. The summed E-state index contributed by atoms with van der Waals surface area (Å²) in [5.41, 5.74) is 1.27. The zero-order chi connectivity index (χ0) is 15.1. The van der Waals surface area contributed by atoms with Crippen LogP contribution in [0, 0.1) is 0 Å². The SMILES string of the molecule is COC(=O)c1ccc(/C=C/C(=O)OCc2cccs2)cc1. The number of benzene rings is 1. The Balaban J connectivity index is 1.88. The van der Waals surface area contributed by atoms with Crippen LogP contribution >= 0.6 is 11.3 Å². The molecule has 0 saturated heterocycles. The van der Waals surface area contributed by atoms with Crippen molar-refractivity contribution in [1.29, 1.82) is 0 Å². The van der Waals surface area contributed by atoms with E-state index < -0.39 is 5.97 Å². The summed E-state index contributed by atoms with van der Waals surface area (Å²) in [4.78, 5) is 23.8. The molecule has 1 heterocycles. The van der Waals surface area contributed by atoms with Crippen molar-refractivity contribution in [3.63, 3.8) is 0 Å². The van der Waals surface area contributed by atoms with E-state index in [2.05, 4.69) is 4.74 Å². The number of carbonyl (C=O) groups excluding carboxylic acids is 2. The molecule has 0 aliphatic rings. The Kier molecular flexibility index (Phi) is 5.29. The van der Waals surface area contributed by atoms with Gasteiger partial charge in [0.1, 0.15) is 6.61 Å². The highest BCUT2D eigenvalue weighted by Crippen LogP contribution is 2.10. The monoisotopic (exact) mass is 302 g/mol. The van der Waals surface area contributed by atoms with E-state index in [1.54, 1.807) is 41.7 Å². The van der Waals surface area contributed by atoms with Gasteiger partial charge in [0.15, 0.2) is 0 Å². The molecule has 0 spiro atoms. The molecule has 0 fully saturated rings. The van der Waals surface area contributed by atoms with Crippen LogP contribution in [0.3, 0.4) is 0 Å². The van der Waals surface area contributed by atoms with Crippen molar-refractivity contribution in [2.24, 2.45) is 0 Å². The summed E-state index contributed by atoms with van der Waals surface area (Å²) in [6.07, 6.45) is 3.00. The normalized spacial score (nSPS) is 10.5. The molecule has 0 atom stereocenters. The number of rotatable bonds is 5. The number of hydrogen-bond donors (Lipinski definition) is 0. The van der Waals surface area contributed by atoms with E-state index in [-0.39, 0.29) is 12.6 Å². The smallest absolute Gasteiger partial charge is 0.337 e. The number of thiophene rings is 1. The van der Waals surface area contributed by atoms with E-state index in [9.17, 15) is 9.59 Å². The van der Waals surface area contributed by atoms with Gasteiger partial charge in [-0.05, 0) is 35.2 Å². The molecule has 0 aliphatic heterocycles. The van der Waals surface area contributed by atoms with Crippen LogP contribution in [-0.4, -0.2) is 19.0 Å². The van der Waals surface area contributed by atoms with Gasteiger partial charge in [0, 0.05) is 11.0 Å². The summed E-state index contributed by atoms with van der Waals surface area (Å²) >= 11 is 1.54. The number of methoxy groups -OCH3 is 1. The number of hydrogen-bond acceptors (Lipinski definition) is 5. The van der Waals surface area contributed by atoms with Crippen LogP contribution in [0.4, 0.5) is 0 Å². The van der Waals surface area contributed by atoms with Gasteiger partial charge in [0.25, 0.3) is 0 Å². The molecular formula is C16H14O4S. The van der Waals surface area contributed by atoms with Crippen molar-refractivity contribution in [2.45, 2.75) is 6.61 Å². The Hall–Kier alpha value is -2.40. The molecule has 0 saturated carbocycles. The van der Waals surface area contributed by atoms with Crippen LogP contribution in [0.25, 0.3) is 6.08 Å². The van der Waals surface area contributed by atoms with E-state index in [4.69, 9.17) is 4.74 Å². The molecule has 4 nitrogen and oxygen atoms in total. The standard InChI is InChI=1S/C16H14O4S/c1-19-16(18)13-7-4-12(5-8-13)6-9-15(17)20-11-14-3-2-10-21-14/h2-10H,11H2,1H3/b9-6+. The Labute approximate surface area is 126 Å². The zero-order valence-electron chi connectivity index (χ0n) is 11.4. The maximum absolute atomic E-state index is 11.6. The largest absolute Gasteiger partial charge is 0.465 e. The van der Waals surface area contributed by atoms with E-state index in [1.807, 2.05) is 17.5 Å². The molecule has 1 aromatic carbocycles. The molecule has 0 unspecified atom stereocenters. The van der Waals surface area contributed by atoms with Gasteiger partial charge in [-0.15, -0.1) is 11.3 Å². The van der Waals surface area contributed by atoms with Crippen LogP contribution < -0.4 is 0 Å². The van der Waals surface area contributed by atoms with E-state index in [1.165, 1.54) is 13.2 Å². The second-order valence-electron chi connectivity index (χ2n) is 4.13. The summed E-state index contributed by atoms with van der Waals surface area (Å²) in [5, 5.41) is 1.93. The number of esters is 2. The van der Waals surface area contributed by atoms with Gasteiger partial charge in [0.2, 0.25) is 0 Å². The lowest BCUT2D eigenvalue weighted by Crippen LogP contribution is -2.00. The van der Waals surface area contributed by atoms with Crippen molar-refractivity contribution in [2.75, 3.05) is 7.11 Å². The van der Waals surface area contributed by atoms with Crippen molar-refractivity contribution in [3.8, 4) is 0 Å². The zero-order valence-corrected chi connectivity index (χ0v) is 12.3. The highest BCUT2D eigenvalue weighted by atomic mass is 32.1. The molecule has 0 radical (unpaired) electrons. The van der Waals surface area contributed by atoms with Crippen LogP contribution in [0.5, 0.6) is 0 Å². The first-order valence-electron chi connectivity index (χ1n) is 6.24. The lowest BCUT2D eigenvalue weighted by Gasteiger charge is -2.00. The van der Waals surface area contributed by atoms with Crippen LogP contribution in [-0.2, 0) is 20.9 Å². The molecule has 0 aliphatic carbocycles. The molecule has 0 N–H and O–H groups in total. The Morgan fingerprint density at radius 3 is 2.57 bits per heavy atom. The molecular weight excluding hydrogens is 288 g/mol. The van der Waals surface area contributed by atoms with Crippen molar-refractivity contribution >= 4 is 29.4 Å². The van der Waals surface area contributed by atoms with Gasteiger partial charge in [-0.3, -0.25) is 0 Å². The van der Waals surface area contributed by atoms with E-state index in [0.29, 0.717) is 5.56 Å². The van der Waals surface area contributed by atoms with Gasteiger partial charge in [0.05, 0.1) is 12.7 Å². The first kappa shape index (κ1) is 15.0. The van der Waals surface area contributed by atoms with E-state index >= 15 is 0 Å². The summed E-state index contributed by atoms with van der Waals surface area (Å²) < 4.78 is 9.71. The minimum absolute atomic E-state index is 0.280. The first-order valence-corrected chi connectivity index (χ1v) is 7.12. The summed E-state index contributed by atoms with van der Waals surface area (Å²) in [7, 11) is 1.33. The predicted molar refractivity (Wildman–Crippen MR) is 80.9 cm³/mol. The molecule has 0 amide bonds. The Morgan fingerprint density at radius 2 is 1.95 bits per heavy atom. The van der Waals surface area contributed by atoms with Gasteiger partial charge in [-0.1, -0.05) is 18.2 Å². The molecule has 2 rings (SSSR count). The highest BCUT2D eigenvalue weighted by molar-refractivity contribution is 7.09. The van der Waals surface area contributed by atoms with Crippen LogP contribution in [0.1, 0.15) is 20.8 Å². The Morgan fingerprint density at radius 1 is 1.19 bits per heavy atom. The fraction of sp³-hybridized carbons (Fsp3) is 0.125. The number of carbonyl (C=O) groups is 2. The van der Waals surface area contributed by atoms with Gasteiger partial charge < -0.3 is 9.47 Å².